The molecule has 0 aromatic heterocycles. The number of amides is 2. The van der Waals surface area contributed by atoms with Crippen molar-refractivity contribution in [2.75, 3.05) is 5.32 Å². The van der Waals surface area contributed by atoms with Crippen LogP contribution in [0.15, 0.2) is 48.5 Å². The van der Waals surface area contributed by atoms with Crippen LogP contribution in [0.3, 0.4) is 0 Å². The van der Waals surface area contributed by atoms with Crippen molar-refractivity contribution in [3.8, 4) is 0 Å². The van der Waals surface area contributed by atoms with Crippen LogP contribution in [0.25, 0.3) is 0 Å². The fraction of sp³-hybridized carbons (Fsp3) is 0.222. The molecule has 0 saturated heterocycles. The minimum Gasteiger partial charge on any atom is -0.344 e. The lowest BCUT2D eigenvalue weighted by Crippen LogP contribution is -2.35. The SMILES string of the molecule is CC(C)c1ccccc1NC(=O)C(=O)NCc1ccc(F)cc1. The summed E-state index contributed by atoms with van der Waals surface area (Å²) in [6.45, 7) is 4.19. The predicted molar refractivity (Wildman–Crippen MR) is 87.4 cm³/mol. The Morgan fingerprint density at radius 1 is 1.00 bits per heavy atom. The van der Waals surface area contributed by atoms with Crippen LogP contribution in [-0.4, -0.2) is 11.8 Å². The third-order valence-electron chi connectivity index (χ3n) is 3.40. The first-order valence-electron chi connectivity index (χ1n) is 7.40. The molecule has 0 aliphatic heterocycles. The number of hydrogen-bond donors (Lipinski definition) is 2. The number of nitrogens with one attached hydrogen (secondary N) is 2. The van der Waals surface area contributed by atoms with Gasteiger partial charge in [-0.05, 0) is 35.2 Å². The lowest BCUT2D eigenvalue weighted by Gasteiger charge is -2.13. The van der Waals surface area contributed by atoms with E-state index in [4.69, 9.17) is 0 Å². The van der Waals surface area contributed by atoms with Crippen LogP contribution in [0.4, 0.5) is 10.1 Å². The molecule has 23 heavy (non-hydrogen) atoms. The summed E-state index contributed by atoms with van der Waals surface area (Å²) in [5, 5.41) is 5.14. The quantitative estimate of drug-likeness (QED) is 0.851. The predicted octanol–water partition coefficient (Wildman–Crippen LogP) is 3.20. The number of rotatable bonds is 4. The van der Waals surface area contributed by atoms with Crippen LogP contribution < -0.4 is 10.6 Å². The number of carbonyl (C=O) groups excluding carboxylic acids is 2. The molecule has 0 aliphatic rings. The van der Waals surface area contributed by atoms with Crippen molar-refractivity contribution in [2.24, 2.45) is 0 Å². The Balaban J connectivity index is 1.95. The van der Waals surface area contributed by atoms with Crippen LogP contribution in [0.5, 0.6) is 0 Å². The molecule has 2 amide bonds. The normalized spacial score (nSPS) is 10.4. The maximum atomic E-state index is 12.8. The van der Waals surface area contributed by atoms with Crippen LogP contribution in [0.2, 0.25) is 0 Å². The van der Waals surface area contributed by atoms with Crippen LogP contribution >= 0.6 is 0 Å². The molecule has 2 N–H and O–H groups in total. The van der Waals surface area contributed by atoms with Crippen LogP contribution in [-0.2, 0) is 16.1 Å². The zero-order valence-electron chi connectivity index (χ0n) is 13.1. The van der Waals surface area contributed by atoms with Crippen LogP contribution in [0.1, 0.15) is 30.9 Å². The second kappa shape index (κ2) is 7.54. The van der Waals surface area contributed by atoms with Gasteiger partial charge in [-0.25, -0.2) is 4.39 Å². The zero-order valence-corrected chi connectivity index (χ0v) is 13.1. The van der Waals surface area contributed by atoms with Crippen molar-refractivity contribution in [3.63, 3.8) is 0 Å². The van der Waals surface area contributed by atoms with Gasteiger partial charge in [-0.2, -0.15) is 0 Å². The molecule has 0 saturated carbocycles. The Bertz CT molecular complexity index is 696. The van der Waals surface area contributed by atoms with E-state index < -0.39 is 11.8 Å². The van der Waals surface area contributed by atoms with E-state index in [-0.39, 0.29) is 18.3 Å². The summed E-state index contributed by atoms with van der Waals surface area (Å²) >= 11 is 0. The number of halogens is 1. The van der Waals surface area contributed by atoms with E-state index in [1.54, 1.807) is 24.3 Å². The summed E-state index contributed by atoms with van der Waals surface area (Å²) in [6, 6.07) is 13.1. The summed E-state index contributed by atoms with van der Waals surface area (Å²) < 4.78 is 12.8. The van der Waals surface area contributed by atoms with Crippen molar-refractivity contribution in [3.05, 3.63) is 65.5 Å². The lowest BCUT2D eigenvalue weighted by molar-refractivity contribution is -0.136. The lowest BCUT2D eigenvalue weighted by atomic mass is 10.0. The molecule has 0 atom stereocenters. The summed E-state index contributed by atoms with van der Waals surface area (Å²) in [4.78, 5) is 23.9. The third kappa shape index (κ3) is 4.64. The number of anilines is 1. The summed E-state index contributed by atoms with van der Waals surface area (Å²) in [5.74, 6) is -1.56. The fourth-order valence-electron chi connectivity index (χ4n) is 2.16. The van der Waals surface area contributed by atoms with E-state index in [1.807, 2.05) is 26.0 Å². The first-order valence-corrected chi connectivity index (χ1v) is 7.40. The molecular formula is C18H19FN2O2. The van der Waals surface area contributed by atoms with Gasteiger partial charge in [0.25, 0.3) is 0 Å². The first-order chi connectivity index (χ1) is 11.0. The highest BCUT2D eigenvalue weighted by Gasteiger charge is 2.15. The van der Waals surface area contributed by atoms with Gasteiger partial charge in [0, 0.05) is 12.2 Å². The van der Waals surface area contributed by atoms with Gasteiger partial charge in [0.1, 0.15) is 5.82 Å². The number of para-hydroxylation sites is 1. The fourth-order valence-corrected chi connectivity index (χ4v) is 2.16. The van der Waals surface area contributed by atoms with Crippen molar-refractivity contribution in [2.45, 2.75) is 26.3 Å². The van der Waals surface area contributed by atoms with Gasteiger partial charge < -0.3 is 10.6 Å². The number of carbonyl (C=O) groups is 2. The van der Waals surface area contributed by atoms with Gasteiger partial charge in [-0.15, -0.1) is 0 Å². The molecule has 2 rings (SSSR count). The summed E-state index contributed by atoms with van der Waals surface area (Å²) in [6.07, 6.45) is 0. The van der Waals surface area contributed by atoms with E-state index >= 15 is 0 Å². The van der Waals surface area contributed by atoms with Gasteiger partial charge in [0.05, 0.1) is 0 Å². The monoisotopic (exact) mass is 314 g/mol. The van der Waals surface area contributed by atoms with E-state index in [2.05, 4.69) is 10.6 Å². The molecular weight excluding hydrogens is 295 g/mol. The molecule has 0 unspecified atom stereocenters. The molecule has 2 aromatic carbocycles. The minimum atomic E-state index is -0.729. The van der Waals surface area contributed by atoms with E-state index in [0.717, 1.165) is 11.1 Å². The molecule has 0 spiro atoms. The van der Waals surface area contributed by atoms with Crippen molar-refractivity contribution in [1.82, 2.24) is 5.32 Å². The van der Waals surface area contributed by atoms with Crippen molar-refractivity contribution in [1.29, 1.82) is 0 Å². The largest absolute Gasteiger partial charge is 0.344 e. The summed E-state index contributed by atoms with van der Waals surface area (Å²) in [7, 11) is 0. The Kier molecular flexibility index (Phi) is 5.46. The van der Waals surface area contributed by atoms with E-state index in [0.29, 0.717) is 5.69 Å². The highest BCUT2D eigenvalue weighted by Crippen LogP contribution is 2.23. The molecule has 2 aromatic rings. The molecule has 0 radical (unpaired) electrons. The van der Waals surface area contributed by atoms with Crippen LogP contribution in [0, 0.1) is 5.82 Å². The van der Waals surface area contributed by atoms with Gasteiger partial charge in [-0.1, -0.05) is 44.2 Å². The second-order valence-electron chi connectivity index (χ2n) is 5.51. The first kappa shape index (κ1) is 16.7. The Hall–Kier alpha value is -2.69. The Labute approximate surface area is 134 Å². The minimum absolute atomic E-state index is 0.165. The number of benzene rings is 2. The van der Waals surface area contributed by atoms with Crippen molar-refractivity contribution < 1.29 is 14.0 Å². The molecule has 0 aliphatic carbocycles. The standard InChI is InChI=1S/C18H19FN2O2/c1-12(2)15-5-3-4-6-16(15)21-18(23)17(22)20-11-13-7-9-14(19)10-8-13/h3-10,12H,11H2,1-2H3,(H,20,22)(H,21,23). The van der Waals surface area contributed by atoms with Gasteiger partial charge in [0.15, 0.2) is 0 Å². The summed E-state index contributed by atoms with van der Waals surface area (Å²) in [5.41, 5.74) is 2.31. The van der Waals surface area contributed by atoms with E-state index in [9.17, 15) is 14.0 Å². The van der Waals surface area contributed by atoms with Gasteiger partial charge in [-0.3, -0.25) is 9.59 Å². The maximum absolute atomic E-state index is 12.8. The molecule has 0 bridgehead atoms. The molecule has 5 heteroatoms. The third-order valence-corrected chi connectivity index (χ3v) is 3.40. The van der Waals surface area contributed by atoms with Gasteiger partial charge in [0.2, 0.25) is 0 Å². The maximum Gasteiger partial charge on any atom is 0.313 e. The zero-order chi connectivity index (χ0) is 16.8. The number of hydrogen-bond acceptors (Lipinski definition) is 2. The molecule has 0 fully saturated rings. The Morgan fingerprint density at radius 2 is 1.65 bits per heavy atom. The highest BCUT2D eigenvalue weighted by molar-refractivity contribution is 6.39. The average molecular weight is 314 g/mol. The average Bonchev–Trinajstić information content (AvgIpc) is 2.54. The molecule has 120 valence electrons. The van der Waals surface area contributed by atoms with Crippen molar-refractivity contribution >= 4 is 17.5 Å². The van der Waals surface area contributed by atoms with Gasteiger partial charge >= 0.3 is 11.8 Å². The van der Waals surface area contributed by atoms with E-state index in [1.165, 1.54) is 12.1 Å². The highest BCUT2D eigenvalue weighted by atomic mass is 19.1. The topological polar surface area (TPSA) is 58.2 Å². The molecule has 0 heterocycles. The Morgan fingerprint density at radius 3 is 2.30 bits per heavy atom. The smallest absolute Gasteiger partial charge is 0.313 e. The second-order valence-corrected chi connectivity index (χ2v) is 5.51. The molecule has 4 nitrogen and oxygen atoms in total.